The van der Waals surface area contributed by atoms with Gasteiger partial charge in [0.15, 0.2) is 0 Å². The van der Waals surface area contributed by atoms with Crippen LogP contribution in [0, 0.1) is 11.8 Å². The zero-order chi connectivity index (χ0) is 18.1. The van der Waals surface area contributed by atoms with E-state index in [2.05, 4.69) is 14.9 Å². The number of likely N-dealkylation sites (tertiary alicyclic amines) is 1. The largest absolute Gasteiger partial charge is 0.448 e. The van der Waals surface area contributed by atoms with Crippen molar-refractivity contribution in [3.05, 3.63) is 47.9 Å². The summed E-state index contributed by atoms with van der Waals surface area (Å²) in [6.45, 7) is 2.52. The van der Waals surface area contributed by atoms with Gasteiger partial charge in [-0.2, -0.15) is 0 Å². The Labute approximate surface area is 152 Å². The normalized spacial score (nSPS) is 28.8. The summed E-state index contributed by atoms with van der Waals surface area (Å²) >= 11 is 0. The molecule has 138 valence electrons. The molecule has 1 aliphatic carbocycles. The van der Waals surface area contributed by atoms with Gasteiger partial charge in [0.1, 0.15) is 17.6 Å². The van der Waals surface area contributed by atoms with Gasteiger partial charge >= 0.3 is 0 Å². The first kappa shape index (κ1) is 17.2. The standard InChI is InChI=1S/C19H24N4O3/c1-25-19(13-5-6-21-16(9-13)18(20)24)14-3-2-4-15(19)11-23(10-14)12-17-22-7-8-26-17/h5-9,14-15H,2-4,10-12H2,1H3,(H2,20,24)/t14-,15+,19?. The van der Waals surface area contributed by atoms with Crippen molar-refractivity contribution < 1.29 is 13.9 Å². The predicted octanol–water partition coefficient (Wildman–Crippen LogP) is 1.94. The molecule has 26 heavy (non-hydrogen) atoms. The number of hydrogen-bond acceptors (Lipinski definition) is 6. The fraction of sp³-hybridized carbons (Fsp3) is 0.526. The molecule has 3 heterocycles. The van der Waals surface area contributed by atoms with Crippen molar-refractivity contribution in [1.82, 2.24) is 14.9 Å². The molecule has 2 N–H and O–H groups in total. The minimum Gasteiger partial charge on any atom is -0.448 e. The second-order valence-corrected chi connectivity index (χ2v) is 7.24. The van der Waals surface area contributed by atoms with Crippen LogP contribution >= 0.6 is 0 Å². The van der Waals surface area contributed by atoms with Crippen LogP contribution in [0.2, 0.25) is 0 Å². The highest BCUT2D eigenvalue weighted by Crippen LogP contribution is 2.51. The second-order valence-electron chi connectivity index (χ2n) is 7.24. The highest BCUT2D eigenvalue weighted by atomic mass is 16.5. The van der Waals surface area contributed by atoms with Crippen LogP contribution in [0.15, 0.2) is 35.2 Å². The minimum atomic E-state index is -0.510. The van der Waals surface area contributed by atoms with Gasteiger partial charge in [-0.3, -0.25) is 14.7 Å². The first-order valence-corrected chi connectivity index (χ1v) is 9.05. The number of hydrogen-bond donors (Lipinski definition) is 1. The monoisotopic (exact) mass is 356 g/mol. The molecule has 0 aromatic carbocycles. The average molecular weight is 356 g/mol. The quantitative estimate of drug-likeness (QED) is 0.880. The fourth-order valence-corrected chi connectivity index (χ4v) is 4.91. The van der Waals surface area contributed by atoms with Gasteiger partial charge in [0.2, 0.25) is 5.89 Å². The Morgan fingerprint density at radius 2 is 2.12 bits per heavy atom. The lowest BCUT2D eigenvalue weighted by atomic mass is 9.62. The van der Waals surface area contributed by atoms with E-state index >= 15 is 0 Å². The Kier molecular flexibility index (Phi) is 4.50. The maximum atomic E-state index is 11.6. The molecule has 1 amide bonds. The van der Waals surface area contributed by atoms with Gasteiger partial charge < -0.3 is 14.9 Å². The highest BCUT2D eigenvalue weighted by Gasteiger charge is 2.53. The summed E-state index contributed by atoms with van der Waals surface area (Å²) in [5.41, 5.74) is 6.34. The molecule has 2 aromatic rings. The number of oxazole rings is 1. The number of primary amides is 1. The van der Waals surface area contributed by atoms with Crippen molar-refractivity contribution >= 4 is 5.91 Å². The molecule has 2 bridgehead atoms. The third kappa shape index (κ3) is 2.81. The first-order chi connectivity index (χ1) is 12.6. The molecule has 2 fully saturated rings. The SMILES string of the molecule is COC1(c2ccnc(C(N)=O)c2)[C@@H]2CCC[C@H]1CN(Cc1ncco1)C2. The molecule has 7 nitrogen and oxygen atoms in total. The number of carbonyl (C=O) groups excluding carboxylic acids is 1. The minimum absolute atomic E-state index is 0.291. The lowest BCUT2D eigenvalue weighted by molar-refractivity contribution is -0.171. The van der Waals surface area contributed by atoms with E-state index in [1.54, 1.807) is 31.8 Å². The highest BCUT2D eigenvalue weighted by molar-refractivity contribution is 5.90. The van der Waals surface area contributed by atoms with Crippen molar-refractivity contribution in [2.45, 2.75) is 31.4 Å². The van der Waals surface area contributed by atoms with Crippen molar-refractivity contribution in [2.75, 3.05) is 20.2 Å². The molecule has 3 atom stereocenters. The smallest absolute Gasteiger partial charge is 0.267 e. The van der Waals surface area contributed by atoms with Gasteiger partial charge in [-0.05, 0) is 30.5 Å². The molecule has 0 radical (unpaired) electrons. The van der Waals surface area contributed by atoms with E-state index in [1.165, 1.54) is 6.42 Å². The number of nitrogens with zero attached hydrogens (tertiary/aromatic N) is 3. The van der Waals surface area contributed by atoms with Crippen molar-refractivity contribution in [3.8, 4) is 0 Å². The molecule has 4 rings (SSSR count). The number of methoxy groups -OCH3 is 1. The Hall–Kier alpha value is -2.25. The second kappa shape index (κ2) is 6.81. The molecular weight excluding hydrogens is 332 g/mol. The number of aromatic nitrogens is 2. The van der Waals surface area contributed by atoms with Crippen LogP contribution in [0.5, 0.6) is 0 Å². The Morgan fingerprint density at radius 3 is 2.73 bits per heavy atom. The van der Waals surface area contributed by atoms with Gasteiger partial charge in [0.25, 0.3) is 5.91 Å². The van der Waals surface area contributed by atoms with E-state index in [4.69, 9.17) is 14.9 Å². The molecular formula is C19H24N4O3. The summed E-state index contributed by atoms with van der Waals surface area (Å²) < 4.78 is 11.6. The summed E-state index contributed by atoms with van der Waals surface area (Å²) in [5.74, 6) is 0.897. The number of carbonyl (C=O) groups is 1. The summed E-state index contributed by atoms with van der Waals surface area (Å²) in [6, 6.07) is 3.77. The van der Waals surface area contributed by atoms with Gasteiger partial charge in [-0.1, -0.05) is 6.42 Å². The number of nitrogens with two attached hydrogens (primary N) is 1. The maximum Gasteiger partial charge on any atom is 0.267 e. The Balaban J connectivity index is 1.66. The van der Waals surface area contributed by atoms with Crippen LogP contribution in [0.3, 0.4) is 0 Å². The number of piperidine rings is 1. The molecule has 2 aromatic heterocycles. The third-order valence-electron chi connectivity index (χ3n) is 5.92. The van der Waals surface area contributed by atoms with Crippen LogP contribution in [-0.2, 0) is 16.9 Å². The van der Waals surface area contributed by atoms with Crippen LogP contribution < -0.4 is 5.73 Å². The van der Waals surface area contributed by atoms with Gasteiger partial charge in [-0.15, -0.1) is 0 Å². The van der Waals surface area contributed by atoms with E-state index < -0.39 is 11.5 Å². The van der Waals surface area contributed by atoms with Crippen LogP contribution in [-0.4, -0.2) is 41.0 Å². The summed E-state index contributed by atoms with van der Waals surface area (Å²) in [6.07, 6.45) is 8.32. The number of fused-ring (bicyclic) bond motifs is 2. The zero-order valence-corrected chi connectivity index (χ0v) is 14.9. The summed E-state index contributed by atoms with van der Waals surface area (Å²) in [5, 5.41) is 0. The van der Waals surface area contributed by atoms with Crippen LogP contribution in [0.25, 0.3) is 0 Å². The first-order valence-electron chi connectivity index (χ1n) is 9.05. The van der Waals surface area contributed by atoms with Crippen molar-refractivity contribution in [1.29, 1.82) is 0 Å². The van der Waals surface area contributed by atoms with Crippen LogP contribution in [0.1, 0.15) is 41.2 Å². The van der Waals surface area contributed by atoms with E-state index in [9.17, 15) is 4.79 Å². The van der Waals surface area contributed by atoms with Gasteiger partial charge in [0.05, 0.1) is 12.7 Å². The maximum absolute atomic E-state index is 11.6. The number of pyridine rings is 1. The predicted molar refractivity (Wildman–Crippen MR) is 94.1 cm³/mol. The van der Waals surface area contributed by atoms with Crippen molar-refractivity contribution in [2.24, 2.45) is 17.6 Å². The summed E-state index contributed by atoms with van der Waals surface area (Å²) in [4.78, 5) is 22.3. The number of amides is 1. The van der Waals surface area contributed by atoms with Gasteiger partial charge in [0, 0.05) is 38.2 Å². The Morgan fingerprint density at radius 1 is 1.35 bits per heavy atom. The van der Waals surface area contributed by atoms with E-state index in [0.717, 1.165) is 37.4 Å². The average Bonchev–Trinajstić information content (AvgIpc) is 3.14. The summed E-state index contributed by atoms with van der Waals surface area (Å²) in [7, 11) is 1.78. The number of rotatable bonds is 5. The van der Waals surface area contributed by atoms with Gasteiger partial charge in [-0.25, -0.2) is 4.98 Å². The molecule has 1 saturated heterocycles. The molecule has 1 aliphatic heterocycles. The van der Waals surface area contributed by atoms with E-state index in [1.807, 2.05) is 6.07 Å². The molecule has 1 unspecified atom stereocenters. The topological polar surface area (TPSA) is 94.5 Å². The van der Waals surface area contributed by atoms with E-state index in [0.29, 0.717) is 24.1 Å². The molecule has 7 heteroatoms. The lowest BCUT2D eigenvalue weighted by Crippen LogP contribution is -2.58. The Bertz CT molecular complexity index is 763. The third-order valence-corrected chi connectivity index (χ3v) is 5.92. The molecule has 2 aliphatic rings. The van der Waals surface area contributed by atoms with Crippen LogP contribution in [0.4, 0.5) is 0 Å². The number of ether oxygens (including phenoxy) is 1. The van der Waals surface area contributed by atoms with E-state index in [-0.39, 0.29) is 0 Å². The zero-order valence-electron chi connectivity index (χ0n) is 14.9. The lowest BCUT2D eigenvalue weighted by Gasteiger charge is -2.55. The molecule has 1 saturated carbocycles. The fourth-order valence-electron chi connectivity index (χ4n) is 4.91. The van der Waals surface area contributed by atoms with Crippen molar-refractivity contribution in [3.63, 3.8) is 0 Å². The molecule has 0 spiro atoms.